The van der Waals surface area contributed by atoms with E-state index in [0.717, 1.165) is 5.39 Å². The third-order valence-electron chi connectivity index (χ3n) is 2.38. The number of benzene rings is 1. The average molecular weight is 273 g/mol. The number of hydrogen-bond donors (Lipinski definition) is 2. The zero-order valence-electron chi connectivity index (χ0n) is 9.84. The van der Waals surface area contributed by atoms with Crippen molar-refractivity contribution in [1.82, 2.24) is 0 Å². The van der Waals surface area contributed by atoms with Gasteiger partial charge in [0.2, 0.25) is 5.84 Å². The Hall–Kier alpha value is -2.08. The number of oxime groups is 1. The van der Waals surface area contributed by atoms with Gasteiger partial charge in [0, 0.05) is 11.5 Å². The Morgan fingerprint density at radius 2 is 1.83 bits per heavy atom. The SMILES string of the molecule is COc1cc2cc(C(N)=NO)oc2cc1OC.Cl. The van der Waals surface area contributed by atoms with E-state index in [4.69, 9.17) is 24.8 Å². The predicted molar refractivity (Wildman–Crippen MR) is 69.1 cm³/mol. The second kappa shape index (κ2) is 5.50. The van der Waals surface area contributed by atoms with Crippen LogP contribution in [0, 0.1) is 0 Å². The summed E-state index contributed by atoms with van der Waals surface area (Å²) in [4.78, 5) is 0. The summed E-state index contributed by atoms with van der Waals surface area (Å²) >= 11 is 0. The molecular weight excluding hydrogens is 260 g/mol. The van der Waals surface area contributed by atoms with Crippen molar-refractivity contribution in [2.45, 2.75) is 0 Å². The lowest BCUT2D eigenvalue weighted by Crippen LogP contribution is -2.11. The molecule has 0 saturated heterocycles. The molecule has 0 aliphatic heterocycles. The van der Waals surface area contributed by atoms with Crippen molar-refractivity contribution >= 4 is 29.2 Å². The molecule has 1 aromatic heterocycles. The maximum absolute atomic E-state index is 8.57. The van der Waals surface area contributed by atoms with E-state index in [9.17, 15) is 0 Å². The van der Waals surface area contributed by atoms with Crippen molar-refractivity contribution in [1.29, 1.82) is 0 Å². The molecule has 6 nitrogen and oxygen atoms in total. The molecule has 0 amide bonds. The van der Waals surface area contributed by atoms with Gasteiger partial charge in [-0.2, -0.15) is 0 Å². The molecule has 7 heteroatoms. The lowest BCUT2D eigenvalue weighted by Gasteiger charge is -2.06. The number of halogens is 1. The number of furan rings is 1. The molecule has 2 rings (SSSR count). The van der Waals surface area contributed by atoms with Gasteiger partial charge in [0.25, 0.3) is 0 Å². The quantitative estimate of drug-likeness (QED) is 0.386. The first-order valence-corrected chi connectivity index (χ1v) is 4.83. The minimum atomic E-state index is -0.0841. The van der Waals surface area contributed by atoms with Gasteiger partial charge < -0.3 is 24.8 Å². The second-order valence-corrected chi connectivity index (χ2v) is 3.34. The second-order valence-electron chi connectivity index (χ2n) is 3.34. The van der Waals surface area contributed by atoms with E-state index in [2.05, 4.69) is 5.16 Å². The third-order valence-corrected chi connectivity index (χ3v) is 2.38. The number of methoxy groups -OCH3 is 2. The summed E-state index contributed by atoms with van der Waals surface area (Å²) < 4.78 is 15.7. The standard InChI is InChI=1S/C11H12N2O4.ClH/c1-15-8-3-6-4-10(11(12)13-14)17-7(6)5-9(8)16-2;/h3-5,14H,1-2H3,(H2,12,13);1H. The number of amidine groups is 1. The first-order valence-electron chi connectivity index (χ1n) is 4.83. The third kappa shape index (κ3) is 2.28. The van der Waals surface area contributed by atoms with E-state index in [1.54, 1.807) is 25.3 Å². The summed E-state index contributed by atoms with van der Waals surface area (Å²) in [5.74, 6) is 1.35. The van der Waals surface area contributed by atoms with Crippen LogP contribution in [0.15, 0.2) is 27.8 Å². The summed E-state index contributed by atoms with van der Waals surface area (Å²) in [6.07, 6.45) is 0. The summed E-state index contributed by atoms with van der Waals surface area (Å²) in [5.41, 5.74) is 6.02. The number of fused-ring (bicyclic) bond motifs is 1. The van der Waals surface area contributed by atoms with E-state index < -0.39 is 0 Å². The van der Waals surface area contributed by atoms with E-state index in [-0.39, 0.29) is 24.0 Å². The summed E-state index contributed by atoms with van der Waals surface area (Å²) in [6.45, 7) is 0. The minimum absolute atomic E-state index is 0. The highest BCUT2D eigenvalue weighted by Gasteiger charge is 2.12. The van der Waals surface area contributed by atoms with Crippen LogP contribution in [0.3, 0.4) is 0 Å². The fourth-order valence-corrected chi connectivity index (χ4v) is 1.54. The number of ether oxygens (including phenoxy) is 2. The number of nitrogens with two attached hydrogens (primary N) is 1. The lowest BCUT2D eigenvalue weighted by atomic mass is 10.2. The number of hydrogen-bond acceptors (Lipinski definition) is 5. The lowest BCUT2D eigenvalue weighted by molar-refractivity contribution is 0.317. The van der Waals surface area contributed by atoms with Gasteiger partial charge in [-0.25, -0.2) is 0 Å². The van der Waals surface area contributed by atoms with Crippen LogP contribution in [-0.2, 0) is 0 Å². The van der Waals surface area contributed by atoms with Crippen molar-refractivity contribution in [2.75, 3.05) is 14.2 Å². The van der Waals surface area contributed by atoms with Crippen molar-refractivity contribution < 1.29 is 19.1 Å². The molecule has 18 heavy (non-hydrogen) atoms. The highest BCUT2D eigenvalue weighted by atomic mass is 35.5. The zero-order valence-corrected chi connectivity index (χ0v) is 10.7. The molecule has 0 aliphatic carbocycles. The van der Waals surface area contributed by atoms with Crippen molar-refractivity contribution in [3.05, 3.63) is 24.0 Å². The van der Waals surface area contributed by atoms with E-state index in [0.29, 0.717) is 17.1 Å². The van der Waals surface area contributed by atoms with Crippen molar-refractivity contribution in [3.8, 4) is 11.5 Å². The zero-order chi connectivity index (χ0) is 12.4. The molecule has 0 bridgehead atoms. The summed E-state index contributed by atoms with van der Waals surface area (Å²) in [6, 6.07) is 5.10. The molecule has 0 aliphatic rings. The highest BCUT2D eigenvalue weighted by molar-refractivity contribution is 5.98. The van der Waals surface area contributed by atoms with Crippen molar-refractivity contribution in [2.24, 2.45) is 10.9 Å². The van der Waals surface area contributed by atoms with Gasteiger partial charge in [-0.05, 0) is 12.1 Å². The normalized spacial score (nSPS) is 11.1. The fourth-order valence-electron chi connectivity index (χ4n) is 1.54. The van der Waals surface area contributed by atoms with Crippen LogP contribution in [0.25, 0.3) is 11.0 Å². The van der Waals surface area contributed by atoms with Crippen LogP contribution in [0.4, 0.5) is 0 Å². The molecule has 0 radical (unpaired) electrons. The van der Waals surface area contributed by atoms with Crippen LogP contribution in [-0.4, -0.2) is 25.3 Å². The predicted octanol–water partition coefficient (Wildman–Crippen LogP) is 1.97. The Morgan fingerprint density at radius 1 is 1.22 bits per heavy atom. The maximum atomic E-state index is 8.57. The molecule has 1 aromatic carbocycles. The van der Waals surface area contributed by atoms with E-state index in [1.807, 2.05) is 0 Å². The van der Waals surface area contributed by atoms with Crippen LogP contribution in [0.5, 0.6) is 11.5 Å². The molecule has 98 valence electrons. The molecule has 0 atom stereocenters. The largest absolute Gasteiger partial charge is 0.493 e. The van der Waals surface area contributed by atoms with Gasteiger partial charge in [-0.1, -0.05) is 5.16 Å². The van der Waals surface area contributed by atoms with E-state index >= 15 is 0 Å². The Kier molecular flexibility index (Phi) is 4.28. The van der Waals surface area contributed by atoms with E-state index in [1.165, 1.54) is 7.11 Å². The first-order chi connectivity index (χ1) is 8.19. The molecule has 0 fully saturated rings. The molecule has 0 unspecified atom stereocenters. The highest BCUT2D eigenvalue weighted by Crippen LogP contribution is 2.33. The molecule has 0 saturated carbocycles. The van der Waals surface area contributed by atoms with Crippen molar-refractivity contribution in [3.63, 3.8) is 0 Å². The van der Waals surface area contributed by atoms with Gasteiger partial charge in [-0.3, -0.25) is 0 Å². The van der Waals surface area contributed by atoms with Crippen LogP contribution in [0.2, 0.25) is 0 Å². The van der Waals surface area contributed by atoms with Gasteiger partial charge in [0.1, 0.15) is 5.58 Å². The topological polar surface area (TPSA) is 90.2 Å². The van der Waals surface area contributed by atoms with Gasteiger partial charge in [-0.15, -0.1) is 12.4 Å². The molecule has 1 heterocycles. The summed E-state index contributed by atoms with van der Waals surface area (Å²) in [7, 11) is 3.09. The number of rotatable bonds is 3. The Labute approximate surface area is 109 Å². The van der Waals surface area contributed by atoms with Crippen LogP contribution in [0.1, 0.15) is 5.76 Å². The van der Waals surface area contributed by atoms with Gasteiger partial charge in [0.05, 0.1) is 14.2 Å². The first kappa shape index (κ1) is 14.0. The number of nitrogens with zero attached hydrogens (tertiary/aromatic N) is 1. The van der Waals surface area contributed by atoms with Crippen LogP contribution < -0.4 is 15.2 Å². The Balaban J connectivity index is 0.00000162. The molecule has 0 spiro atoms. The molecular formula is C11H13ClN2O4. The maximum Gasteiger partial charge on any atom is 0.205 e. The minimum Gasteiger partial charge on any atom is -0.493 e. The molecule has 3 N–H and O–H groups in total. The monoisotopic (exact) mass is 272 g/mol. The Bertz CT molecular complexity index is 539. The van der Waals surface area contributed by atoms with Gasteiger partial charge >= 0.3 is 0 Å². The fraction of sp³-hybridized carbons (Fsp3) is 0.182. The molecule has 2 aromatic rings. The van der Waals surface area contributed by atoms with Crippen LogP contribution >= 0.6 is 12.4 Å². The van der Waals surface area contributed by atoms with Gasteiger partial charge in [0.15, 0.2) is 17.3 Å². The summed E-state index contributed by atoms with van der Waals surface area (Å²) in [5, 5.41) is 12.2. The Morgan fingerprint density at radius 3 is 2.39 bits per heavy atom. The smallest absolute Gasteiger partial charge is 0.205 e. The average Bonchev–Trinajstić information content (AvgIpc) is 2.78.